The number of furan rings is 1. The van der Waals surface area contributed by atoms with Gasteiger partial charge in [-0.25, -0.2) is 0 Å². The van der Waals surface area contributed by atoms with Gasteiger partial charge in [0.1, 0.15) is 23.7 Å². The van der Waals surface area contributed by atoms with Gasteiger partial charge < -0.3 is 20.0 Å². The van der Waals surface area contributed by atoms with Crippen molar-refractivity contribution in [2.45, 2.75) is 19.6 Å². The first-order chi connectivity index (χ1) is 14.1. The monoisotopic (exact) mass is 387 g/mol. The first kappa shape index (κ1) is 18.8. The number of ether oxygens (including phenoxy) is 1. The van der Waals surface area contributed by atoms with Crippen LogP contribution in [0.15, 0.2) is 77.2 Å². The fourth-order valence-corrected chi connectivity index (χ4v) is 3.34. The lowest BCUT2D eigenvalue weighted by atomic mass is 10.1. The van der Waals surface area contributed by atoms with Crippen LogP contribution in [0, 0.1) is 0 Å². The Hall–Kier alpha value is -3.57. The van der Waals surface area contributed by atoms with E-state index >= 15 is 0 Å². The molecule has 0 radical (unpaired) electrons. The lowest BCUT2D eigenvalue weighted by Crippen LogP contribution is -2.04. The van der Waals surface area contributed by atoms with Gasteiger partial charge in [-0.05, 0) is 23.8 Å². The third-order valence-corrected chi connectivity index (χ3v) is 4.77. The van der Waals surface area contributed by atoms with Gasteiger partial charge in [0.05, 0.1) is 6.42 Å². The number of carbonyl (C=O) groups is 1. The molecule has 0 aliphatic heterocycles. The van der Waals surface area contributed by atoms with Crippen LogP contribution in [0.25, 0.3) is 22.3 Å². The molecular weight excluding hydrogens is 366 g/mol. The topological polar surface area (TPSA) is 85.7 Å². The Labute approximate surface area is 168 Å². The van der Waals surface area contributed by atoms with Crippen LogP contribution in [-0.2, 0) is 24.4 Å². The maximum absolute atomic E-state index is 11.1. The molecule has 0 aliphatic carbocycles. The Kier molecular flexibility index (Phi) is 5.31. The largest absolute Gasteiger partial charge is 0.488 e. The van der Waals surface area contributed by atoms with Gasteiger partial charge in [0, 0.05) is 28.6 Å². The van der Waals surface area contributed by atoms with Crippen LogP contribution in [-0.4, -0.2) is 11.1 Å². The van der Waals surface area contributed by atoms with E-state index in [9.17, 15) is 4.79 Å². The van der Waals surface area contributed by atoms with Crippen LogP contribution < -0.4 is 10.5 Å². The third kappa shape index (κ3) is 4.15. The van der Waals surface area contributed by atoms with Crippen molar-refractivity contribution in [3.8, 4) is 17.1 Å². The molecule has 0 amide bonds. The van der Waals surface area contributed by atoms with Gasteiger partial charge >= 0.3 is 5.97 Å². The molecule has 0 saturated heterocycles. The molecule has 1 aromatic heterocycles. The molecule has 5 heteroatoms. The normalized spacial score (nSPS) is 10.9. The van der Waals surface area contributed by atoms with Gasteiger partial charge in [0.2, 0.25) is 0 Å². The fourth-order valence-electron chi connectivity index (χ4n) is 3.34. The summed E-state index contributed by atoms with van der Waals surface area (Å²) in [6.45, 7) is 0.757. The molecule has 0 saturated carbocycles. The SMILES string of the molecule is NCc1cccc(-c2cc3cccc(COc4ccccc4CC(=O)O)c3o2)c1. The van der Waals surface area contributed by atoms with E-state index in [0.717, 1.165) is 33.4 Å². The highest BCUT2D eigenvalue weighted by Gasteiger charge is 2.12. The molecular formula is C24H21NO4. The van der Waals surface area contributed by atoms with Crippen LogP contribution >= 0.6 is 0 Å². The van der Waals surface area contributed by atoms with Crippen molar-refractivity contribution in [1.82, 2.24) is 0 Å². The average Bonchev–Trinajstić information content (AvgIpc) is 3.18. The zero-order chi connectivity index (χ0) is 20.2. The van der Waals surface area contributed by atoms with Gasteiger partial charge in [0.15, 0.2) is 0 Å². The molecule has 5 nitrogen and oxygen atoms in total. The standard InChI is InChI=1S/C24H21NO4/c25-14-16-5-3-7-17(11-16)22-12-19-8-4-9-20(24(19)29-22)15-28-21-10-2-1-6-18(21)13-23(26)27/h1-12H,13-15,25H2,(H,26,27). The van der Waals surface area contributed by atoms with Gasteiger partial charge in [-0.15, -0.1) is 0 Å². The zero-order valence-corrected chi connectivity index (χ0v) is 15.8. The van der Waals surface area contributed by atoms with Gasteiger partial charge in [-0.2, -0.15) is 0 Å². The minimum Gasteiger partial charge on any atom is -0.488 e. The van der Waals surface area contributed by atoms with Crippen molar-refractivity contribution < 1.29 is 19.1 Å². The number of hydrogen-bond acceptors (Lipinski definition) is 4. The number of fused-ring (bicyclic) bond motifs is 1. The van der Waals surface area contributed by atoms with E-state index in [4.69, 9.17) is 20.0 Å². The smallest absolute Gasteiger partial charge is 0.307 e. The van der Waals surface area contributed by atoms with Crippen LogP contribution in [0.3, 0.4) is 0 Å². The highest BCUT2D eigenvalue weighted by Crippen LogP contribution is 2.31. The number of rotatable bonds is 7. The summed E-state index contributed by atoms with van der Waals surface area (Å²) in [5.74, 6) is 0.446. The third-order valence-electron chi connectivity index (χ3n) is 4.77. The number of carboxylic acids is 1. The maximum atomic E-state index is 11.1. The van der Waals surface area contributed by atoms with E-state index in [1.54, 1.807) is 18.2 Å². The summed E-state index contributed by atoms with van der Waals surface area (Å²) in [7, 11) is 0. The van der Waals surface area contributed by atoms with E-state index in [1.807, 2.05) is 54.6 Å². The van der Waals surface area contributed by atoms with Crippen LogP contribution in [0.2, 0.25) is 0 Å². The van der Waals surface area contributed by atoms with Crippen molar-refractivity contribution in [2.75, 3.05) is 0 Å². The second-order valence-corrected chi connectivity index (χ2v) is 6.82. The first-order valence-electron chi connectivity index (χ1n) is 9.37. The fraction of sp³-hybridized carbons (Fsp3) is 0.125. The van der Waals surface area contributed by atoms with Gasteiger partial charge in [0.25, 0.3) is 0 Å². The van der Waals surface area contributed by atoms with E-state index in [2.05, 4.69) is 0 Å². The molecule has 4 aromatic rings. The Morgan fingerprint density at radius 2 is 1.76 bits per heavy atom. The number of hydrogen-bond donors (Lipinski definition) is 2. The lowest BCUT2D eigenvalue weighted by Gasteiger charge is -2.10. The van der Waals surface area contributed by atoms with Crippen molar-refractivity contribution >= 4 is 16.9 Å². The quantitative estimate of drug-likeness (QED) is 0.477. The number of benzene rings is 3. The van der Waals surface area contributed by atoms with Crippen molar-refractivity contribution in [2.24, 2.45) is 5.73 Å². The van der Waals surface area contributed by atoms with Gasteiger partial charge in [-0.3, -0.25) is 4.79 Å². The molecule has 146 valence electrons. The lowest BCUT2D eigenvalue weighted by molar-refractivity contribution is -0.136. The number of nitrogens with two attached hydrogens (primary N) is 1. The highest BCUT2D eigenvalue weighted by atomic mass is 16.5. The number of carboxylic acid groups (broad SMARTS) is 1. The minimum absolute atomic E-state index is 0.0806. The highest BCUT2D eigenvalue weighted by molar-refractivity contribution is 5.85. The molecule has 1 heterocycles. The summed E-state index contributed by atoms with van der Waals surface area (Å²) in [5.41, 5.74) is 10.1. The molecule has 0 unspecified atom stereocenters. The Bertz CT molecular complexity index is 1160. The Morgan fingerprint density at radius 3 is 2.59 bits per heavy atom. The van der Waals surface area contributed by atoms with Crippen molar-refractivity contribution in [3.63, 3.8) is 0 Å². The van der Waals surface area contributed by atoms with E-state index < -0.39 is 5.97 Å². The van der Waals surface area contributed by atoms with E-state index in [1.165, 1.54) is 0 Å². The Morgan fingerprint density at radius 1 is 0.966 bits per heavy atom. The molecule has 0 atom stereocenters. The molecule has 4 rings (SSSR count). The van der Waals surface area contributed by atoms with Crippen LogP contribution in [0.1, 0.15) is 16.7 Å². The number of aliphatic carboxylic acids is 1. The molecule has 0 fully saturated rings. The molecule has 0 aliphatic rings. The summed E-state index contributed by atoms with van der Waals surface area (Å²) in [6.07, 6.45) is -0.0806. The molecule has 0 bridgehead atoms. The summed E-state index contributed by atoms with van der Waals surface area (Å²) in [5, 5.41) is 10.1. The van der Waals surface area contributed by atoms with Crippen LogP contribution in [0.5, 0.6) is 5.75 Å². The summed E-state index contributed by atoms with van der Waals surface area (Å²) in [4.78, 5) is 11.1. The first-order valence-corrected chi connectivity index (χ1v) is 9.37. The second-order valence-electron chi connectivity index (χ2n) is 6.82. The predicted molar refractivity (Wildman–Crippen MR) is 112 cm³/mol. The minimum atomic E-state index is -0.890. The number of para-hydroxylation sites is 2. The summed E-state index contributed by atoms with van der Waals surface area (Å²) < 4.78 is 12.1. The van der Waals surface area contributed by atoms with E-state index in [-0.39, 0.29) is 13.0 Å². The predicted octanol–water partition coefficient (Wildman–Crippen LogP) is 4.76. The molecule has 3 aromatic carbocycles. The maximum Gasteiger partial charge on any atom is 0.307 e. The van der Waals surface area contributed by atoms with E-state index in [0.29, 0.717) is 17.9 Å². The summed E-state index contributed by atoms with van der Waals surface area (Å²) in [6, 6.07) is 23.1. The van der Waals surface area contributed by atoms with Crippen LogP contribution in [0.4, 0.5) is 0 Å². The van der Waals surface area contributed by atoms with Gasteiger partial charge in [-0.1, -0.05) is 54.6 Å². The molecule has 0 spiro atoms. The Balaban J connectivity index is 1.62. The second kappa shape index (κ2) is 8.20. The van der Waals surface area contributed by atoms with Crippen molar-refractivity contribution in [1.29, 1.82) is 0 Å². The molecule has 29 heavy (non-hydrogen) atoms. The zero-order valence-electron chi connectivity index (χ0n) is 15.8. The van der Waals surface area contributed by atoms with Crippen molar-refractivity contribution in [3.05, 3.63) is 89.5 Å². The average molecular weight is 387 g/mol. The molecule has 3 N–H and O–H groups in total. The summed E-state index contributed by atoms with van der Waals surface area (Å²) >= 11 is 0.